The highest BCUT2D eigenvalue weighted by Gasteiger charge is 2.09. The highest BCUT2D eigenvalue weighted by Crippen LogP contribution is 1.91. The van der Waals surface area contributed by atoms with Crippen molar-refractivity contribution in [2.75, 3.05) is 20.3 Å². The van der Waals surface area contributed by atoms with Gasteiger partial charge in [-0.2, -0.15) is 0 Å². The maximum Gasteiger partial charge on any atom is 0.327 e. The zero-order chi connectivity index (χ0) is 11.3. The first kappa shape index (κ1) is 12.0. The SMILES string of the molecule is CCNC(COC)Cn1ccn(C)c1=O. The van der Waals surface area contributed by atoms with E-state index in [4.69, 9.17) is 4.74 Å². The molecule has 5 heteroatoms. The van der Waals surface area contributed by atoms with Crippen LogP contribution in [0.4, 0.5) is 0 Å². The first-order valence-corrected chi connectivity index (χ1v) is 5.13. The van der Waals surface area contributed by atoms with Crippen LogP contribution in [-0.4, -0.2) is 35.4 Å². The van der Waals surface area contributed by atoms with Crippen molar-refractivity contribution in [2.45, 2.75) is 19.5 Å². The molecule has 0 radical (unpaired) electrons. The van der Waals surface area contributed by atoms with E-state index >= 15 is 0 Å². The van der Waals surface area contributed by atoms with Gasteiger partial charge in [0.1, 0.15) is 0 Å². The summed E-state index contributed by atoms with van der Waals surface area (Å²) in [4.78, 5) is 11.6. The van der Waals surface area contributed by atoms with Gasteiger partial charge in [-0.15, -0.1) is 0 Å². The number of nitrogens with one attached hydrogen (secondary N) is 1. The van der Waals surface area contributed by atoms with E-state index in [-0.39, 0.29) is 11.7 Å². The lowest BCUT2D eigenvalue weighted by Crippen LogP contribution is -2.39. The number of likely N-dealkylation sites (N-methyl/N-ethyl adjacent to an activating group) is 1. The highest BCUT2D eigenvalue weighted by molar-refractivity contribution is 4.82. The Balaban J connectivity index is 2.65. The number of hydrogen-bond donors (Lipinski definition) is 1. The van der Waals surface area contributed by atoms with E-state index in [1.54, 1.807) is 35.7 Å². The van der Waals surface area contributed by atoms with Gasteiger partial charge in [0.25, 0.3) is 0 Å². The van der Waals surface area contributed by atoms with Crippen molar-refractivity contribution in [3.63, 3.8) is 0 Å². The Bertz CT molecular complexity index is 337. The summed E-state index contributed by atoms with van der Waals surface area (Å²) in [7, 11) is 3.41. The Morgan fingerprint density at radius 2 is 2.27 bits per heavy atom. The predicted octanol–water partition coefficient (Wildman–Crippen LogP) is -0.189. The summed E-state index contributed by atoms with van der Waals surface area (Å²) < 4.78 is 8.34. The second-order valence-electron chi connectivity index (χ2n) is 3.55. The van der Waals surface area contributed by atoms with Crippen LogP contribution in [-0.2, 0) is 18.3 Å². The number of imidazole rings is 1. The zero-order valence-corrected chi connectivity index (χ0v) is 9.56. The van der Waals surface area contributed by atoms with Crippen LogP contribution in [0.5, 0.6) is 0 Å². The molecule has 1 N–H and O–H groups in total. The first-order valence-electron chi connectivity index (χ1n) is 5.13. The Morgan fingerprint density at radius 3 is 2.73 bits per heavy atom. The number of aryl methyl sites for hydroxylation is 1. The molecule has 1 atom stereocenters. The molecule has 0 saturated heterocycles. The van der Waals surface area contributed by atoms with Gasteiger partial charge in [-0.25, -0.2) is 4.79 Å². The minimum atomic E-state index is 0.00834. The van der Waals surface area contributed by atoms with Crippen molar-refractivity contribution in [1.82, 2.24) is 14.5 Å². The molecule has 0 bridgehead atoms. The van der Waals surface area contributed by atoms with Gasteiger partial charge in [-0.1, -0.05) is 6.92 Å². The maximum absolute atomic E-state index is 11.6. The van der Waals surface area contributed by atoms with Crippen LogP contribution < -0.4 is 11.0 Å². The van der Waals surface area contributed by atoms with Crippen LogP contribution in [0.1, 0.15) is 6.92 Å². The molecule has 0 aromatic carbocycles. The number of hydrogen-bond acceptors (Lipinski definition) is 3. The second kappa shape index (κ2) is 5.72. The Morgan fingerprint density at radius 1 is 1.53 bits per heavy atom. The van der Waals surface area contributed by atoms with Crippen LogP contribution in [0.3, 0.4) is 0 Å². The minimum absolute atomic E-state index is 0.00834. The maximum atomic E-state index is 11.6. The van der Waals surface area contributed by atoms with Gasteiger partial charge in [0.05, 0.1) is 6.61 Å². The van der Waals surface area contributed by atoms with Crippen LogP contribution in [0, 0.1) is 0 Å². The fraction of sp³-hybridized carbons (Fsp3) is 0.700. The van der Waals surface area contributed by atoms with E-state index in [1.165, 1.54) is 0 Å². The minimum Gasteiger partial charge on any atom is -0.383 e. The number of nitrogens with zero attached hydrogens (tertiary/aromatic N) is 2. The largest absolute Gasteiger partial charge is 0.383 e. The average Bonchev–Trinajstić information content (AvgIpc) is 2.51. The molecular formula is C10H19N3O2. The smallest absolute Gasteiger partial charge is 0.327 e. The number of rotatable bonds is 6. The third-order valence-corrected chi connectivity index (χ3v) is 2.30. The van der Waals surface area contributed by atoms with E-state index in [0.29, 0.717) is 13.2 Å². The van der Waals surface area contributed by atoms with E-state index in [2.05, 4.69) is 5.32 Å². The van der Waals surface area contributed by atoms with Crippen molar-refractivity contribution in [3.8, 4) is 0 Å². The topological polar surface area (TPSA) is 48.2 Å². The summed E-state index contributed by atoms with van der Waals surface area (Å²) >= 11 is 0. The molecule has 15 heavy (non-hydrogen) atoms. The van der Waals surface area contributed by atoms with Crippen molar-refractivity contribution in [2.24, 2.45) is 7.05 Å². The summed E-state index contributed by atoms with van der Waals surface area (Å²) in [5, 5.41) is 3.27. The third-order valence-electron chi connectivity index (χ3n) is 2.30. The summed E-state index contributed by atoms with van der Waals surface area (Å²) in [6.07, 6.45) is 3.56. The van der Waals surface area contributed by atoms with Gasteiger partial charge in [0.2, 0.25) is 0 Å². The molecule has 5 nitrogen and oxygen atoms in total. The van der Waals surface area contributed by atoms with Gasteiger partial charge in [0.15, 0.2) is 0 Å². The summed E-state index contributed by atoms with van der Waals surface area (Å²) in [5.41, 5.74) is 0.00834. The summed E-state index contributed by atoms with van der Waals surface area (Å²) in [6.45, 7) is 4.16. The molecule has 1 rings (SSSR count). The fourth-order valence-electron chi connectivity index (χ4n) is 1.55. The van der Waals surface area contributed by atoms with Gasteiger partial charge >= 0.3 is 5.69 Å². The molecule has 0 aliphatic carbocycles. The molecule has 1 unspecified atom stereocenters. The number of ether oxygens (including phenoxy) is 1. The fourth-order valence-corrected chi connectivity index (χ4v) is 1.55. The van der Waals surface area contributed by atoms with Gasteiger partial charge < -0.3 is 14.6 Å². The molecule has 1 aromatic rings. The molecule has 0 fully saturated rings. The standard InChI is InChI=1S/C10H19N3O2/c1-4-11-9(8-15-3)7-13-6-5-12(2)10(13)14/h5-6,9,11H,4,7-8H2,1-3H3. The van der Waals surface area contributed by atoms with Gasteiger partial charge in [-0.05, 0) is 6.54 Å². The first-order chi connectivity index (χ1) is 7.19. The number of methoxy groups -OCH3 is 1. The molecule has 0 amide bonds. The van der Waals surface area contributed by atoms with Gasteiger partial charge in [-0.3, -0.25) is 4.57 Å². The molecule has 86 valence electrons. The predicted molar refractivity (Wildman–Crippen MR) is 59.0 cm³/mol. The molecule has 1 aromatic heterocycles. The van der Waals surface area contributed by atoms with E-state index in [0.717, 1.165) is 6.54 Å². The Hall–Kier alpha value is -1.07. The van der Waals surface area contributed by atoms with Crippen molar-refractivity contribution >= 4 is 0 Å². The highest BCUT2D eigenvalue weighted by atomic mass is 16.5. The van der Waals surface area contributed by atoms with Gasteiger partial charge in [0, 0.05) is 39.1 Å². The normalized spacial score (nSPS) is 13.0. The monoisotopic (exact) mass is 213 g/mol. The van der Waals surface area contributed by atoms with Crippen molar-refractivity contribution < 1.29 is 4.74 Å². The van der Waals surface area contributed by atoms with Crippen LogP contribution in [0.2, 0.25) is 0 Å². The molecule has 0 spiro atoms. The van der Waals surface area contributed by atoms with Crippen LogP contribution in [0.15, 0.2) is 17.2 Å². The third kappa shape index (κ3) is 3.21. The Labute approximate surface area is 89.7 Å². The molecule has 0 saturated carbocycles. The van der Waals surface area contributed by atoms with Crippen molar-refractivity contribution in [1.29, 1.82) is 0 Å². The summed E-state index contributed by atoms with van der Waals surface area (Å²) in [6, 6.07) is 0.181. The van der Waals surface area contributed by atoms with E-state index in [9.17, 15) is 4.79 Å². The van der Waals surface area contributed by atoms with Crippen LogP contribution >= 0.6 is 0 Å². The summed E-state index contributed by atoms with van der Waals surface area (Å²) in [5.74, 6) is 0. The average molecular weight is 213 g/mol. The lowest BCUT2D eigenvalue weighted by atomic mass is 10.3. The quantitative estimate of drug-likeness (QED) is 0.712. The van der Waals surface area contributed by atoms with E-state index < -0.39 is 0 Å². The molecular weight excluding hydrogens is 194 g/mol. The second-order valence-corrected chi connectivity index (χ2v) is 3.55. The molecule has 0 aliphatic heterocycles. The lowest BCUT2D eigenvalue weighted by molar-refractivity contribution is 0.159. The van der Waals surface area contributed by atoms with Crippen molar-refractivity contribution in [3.05, 3.63) is 22.9 Å². The lowest BCUT2D eigenvalue weighted by Gasteiger charge is -2.16. The van der Waals surface area contributed by atoms with E-state index in [1.807, 2.05) is 6.92 Å². The molecule has 0 aliphatic rings. The van der Waals surface area contributed by atoms with Crippen LogP contribution in [0.25, 0.3) is 0 Å². The molecule has 1 heterocycles. The Kier molecular flexibility index (Phi) is 4.58. The zero-order valence-electron chi connectivity index (χ0n) is 9.56. The number of aromatic nitrogens is 2.